The zero-order chi connectivity index (χ0) is 13.2. The van der Waals surface area contributed by atoms with Gasteiger partial charge in [0.15, 0.2) is 0 Å². The highest BCUT2D eigenvalue weighted by Gasteiger charge is 2.21. The summed E-state index contributed by atoms with van der Waals surface area (Å²) in [5.74, 6) is -0.314. The first kappa shape index (κ1) is 14.2. The Labute approximate surface area is 106 Å². The van der Waals surface area contributed by atoms with E-state index in [4.69, 9.17) is 27.5 Å². The summed E-state index contributed by atoms with van der Waals surface area (Å²) in [5.41, 5.74) is -0.913. The first-order chi connectivity index (χ1) is 7.81. The lowest BCUT2D eigenvalue weighted by Gasteiger charge is -2.09. The summed E-state index contributed by atoms with van der Waals surface area (Å²) < 4.78 is 47.5. The number of hydrogen-bond donors (Lipinski definition) is 0. The normalized spacial score (nSPS) is 11.5. The van der Waals surface area contributed by atoms with Gasteiger partial charge >= 0.3 is 0 Å². The number of hydrogen-bond acceptors (Lipinski definition) is 3. The molecule has 0 radical (unpaired) electrons. The lowest BCUT2D eigenvalue weighted by molar-refractivity contribution is 0.150. The van der Waals surface area contributed by atoms with E-state index < -0.39 is 25.9 Å². The molecule has 0 amide bonds. The highest BCUT2D eigenvalue weighted by molar-refractivity contribution is 8.13. The molecule has 0 saturated carbocycles. The molecule has 0 N–H and O–H groups in total. The van der Waals surface area contributed by atoms with Crippen molar-refractivity contribution in [3.63, 3.8) is 0 Å². The molecule has 17 heavy (non-hydrogen) atoms. The van der Waals surface area contributed by atoms with Crippen LogP contribution < -0.4 is 0 Å². The molecule has 1 aromatic rings. The summed E-state index contributed by atoms with van der Waals surface area (Å²) in [6.45, 7) is 0. The summed E-state index contributed by atoms with van der Waals surface area (Å²) in [5, 5.41) is 8.75. The smallest absolute Gasteiger partial charge is 0.207 e. The van der Waals surface area contributed by atoms with Gasteiger partial charge in [0.25, 0.3) is 15.5 Å². The van der Waals surface area contributed by atoms with Crippen molar-refractivity contribution >= 4 is 31.3 Å². The second-order valence-corrected chi connectivity index (χ2v) is 5.86. The minimum atomic E-state index is -4.17. The molecule has 1 aromatic carbocycles. The van der Waals surface area contributed by atoms with Gasteiger partial charge in [-0.2, -0.15) is 5.26 Å². The van der Waals surface area contributed by atoms with Gasteiger partial charge < -0.3 is 0 Å². The van der Waals surface area contributed by atoms with Gasteiger partial charge in [0, 0.05) is 22.1 Å². The second kappa shape index (κ2) is 5.17. The Morgan fingerprint density at radius 2 is 2.00 bits per heavy atom. The van der Waals surface area contributed by atoms with E-state index in [2.05, 4.69) is 0 Å². The third-order valence-electron chi connectivity index (χ3n) is 2.03. The summed E-state index contributed by atoms with van der Waals surface area (Å²) in [6.07, 6.45) is -2.94. The van der Waals surface area contributed by atoms with Gasteiger partial charge in [-0.3, -0.25) is 0 Å². The molecule has 0 spiro atoms. The van der Waals surface area contributed by atoms with Crippen LogP contribution in [0.4, 0.5) is 8.78 Å². The number of alkyl halides is 3. The van der Waals surface area contributed by atoms with Crippen molar-refractivity contribution < 1.29 is 17.2 Å². The number of benzene rings is 1. The van der Waals surface area contributed by atoms with Crippen molar-refractivity contribution in [3.8, 4) is 6.07 Å². The Bertz CT molecular complexity index is 581. The zero-order valence-corrected chi connectivity index (χ0v) is 10.5. The molecule has 0 fully saturated rings. The molecule has 0 aliphatic heterocycles. The third-order valence-corrected chi connectivity index (χ3v) is 3.63. The van der Waals surface area contributed by atoms with E-state index >= 15 is 0 Å². The number of rotatable bonds is 3. The van der Waals surface area contributed by atoms with Crippen molar-refractivity contribution in [1.29, 1.82) is 5.26 Å². The van der Waals surface area contributed by atoms with Crippen molar-refractivity contribution in [1.82, 2.24) is 0 Å². The molecule has 3 nitrogen and oxygen atoms in total. The third kappa shape index (κ3) is 3.06. The fourth-order valence-electron chi connectivity index (χ4n) is 1.25. The van der Waals surface area contributed by atoms with Gasteiger partial charge in [0.2, 0.25) is 0 Å². The van der Waals surface area contributed by atoms with Crippen molar-refractivity contribution in [2.75, 3.05) is 0 Å². The Hall–Kier alpha value is -0.900. The number of halogens is 4. The van der Waals surface area contributed by atoms with Crippen LogP contribution in [0.1, 0.15) is 23.1 Å². The first-order valence-electron chi connectivity index (χ1n) is 4.17. The van der Waals surface area contributed by atoms with E-state index in [-0.39, 0.29) is 17.0 Å². The van der Waals surface area contributed by atoms with E-state index in [9.17, 15) is 17.2 Å². The van der Waals surface area contributed by atoms with Crippen molar-refractivity contribution in [2.24, 2.45) is 0 Å². The predicted octanol–water partition coefficient (Wildman–Crippen LogP) is 3.16. The maximum absolute atomic E-state index is 12.7. The maximum atomic E-state index is 12.7. The van der Waals surface area contributed by atoms with Crippen LogP contribution in [0.15, 0.2) is 17.0 Å². The van der Waals surface area contributed by atoms with E-state index in [0.29, 0.717) is 0 Å². The van der Waals surface area contributed by atoms with Crippen LogP contribution in [-0.4, -0.2) is 8.42 Å². The van der Waals surface area contributed by atoms with Crippen LogP contribution in [0.25, 0.3) is 0 Å². The Balaban J connectivity index is 3.65. The molecule has 0 aliphatic carbocycles. The predicted molar refractivity (Wildman–Crippen MR) is 58.7 cm³/mol. The molecule has 0 aromatic heterocycles. The fraction of sp³-hybridized carbons (Fsp3) is 0.222. The highest BCUT2D eigenvalue weighted by atomic mass is 35.7. The van der Waals surface area contributed by atoms with Gasteiger partial charge in [-0.15, -0.1) is 11.6 Å². The average Bonchev–Trinajstić information content (AvgIpc) is 2.25. The van der Waals surface area contributed by atoms with Crippen LogP contribution in [0.2, 0.25) is 0 Å². The van der Waals surface area contributed by atoms with Gasteiger partial charge in [-0.1, -0.05) is 0 Å². The molecule has 0 atom stereocenters. The second-order valence-electron chi connectivity index (χ2n) is 3.02. The van der Waals surface area contributed by atoms with E-state index in [1.165, 1.54) is 0 Å². The lowest BCUT2D eigenvalue weighted by atomic mass is 10.0. The molecule has 1 rings (SSSR count). The zero-order valence-electron chi connectivity index (χ0n) is 8.12. The Kier molecular flexibility index (Phi) is 4.31. The van der Waals surface area contributed by atoms with Crippen molar-refractivity contribution in [3.05, 3.63) is 28.8 Å². The average molecular weight is 300 g/mol. The number of nitrogens with zero attached hydrogens (tertiary/aromatic N) is 1. The summed E-state index contributed by atoms with van der Waals surface area (Å²) in [6, 6.07) is 3.26. The summed E-state index contributed by atoms with van der Waals surface area (Å²) in [7, 11) is 0.873. The highest BCUT2D eigenvalue weighted by Crippen LogP contribution is 2.30. The topological polar surface area (TPSA) is 57.9 Å². The van der Waals surface area contributed by atoms with Crippen LogP contribution in [0.3, 0.4) is 0 Å². The molecule has 0 aliphatic rings. The van der Waals surface area contributed by atoms with E-state index in [1.807, 2.05) is 0 Å². The molecule has 92 valence electrons. The standard InChI is InChI=1S/C9H5Cl2F2NO2S/c10-3-8-5(4-14)1-6(17(11,15)16)2-7(8)9(12)13/h1-2,9H,3H2. The minimum absolute atomic E-state index is 0.0896. The SMILES string of the molecule is N#Cc1cc(S(=O)(=O)Cl)cc(C(F)F)c1CCl. The summed E-state index contributed by atoms with van der Waals surface area (Å²) in [4.78, 5) is -0.542. The number of nitriles is 1. The van der Waals surface area contributed by atoms with Crippen LogP contribution in [0.5, 0.6) is 0 Å². The quantitative estimate of drug-likeness (QED) is 0.636. The molecule has 8 heteroatoms. The van der Waals surface area contributed by atoms with Gasteiger partial charge in [0.05, 0.1) is 16.5 Å². The molecular formula is C9H5Cl2F2NO2S. The van der Waals surface area contributed by atoms with Crippen LogP contribution in [0, 0.1) is 11.3 Å². The monoisotopic (exact) mass is 299 g/mol. The van der Waals surface area contributed by atoms with Crippen LogP contribution >= 0.6 is 22.3 Å². The first-order valence-corrected chi connectivity index (χ1v) is 7.01. The van der Waals surface area contributed by atoms with Gasteiger partial charge in [0.1, 0.15) is 0 Å². The van der Waals surface area contributed by atoms with Gasteiger partial charge in [-0.25, -0.2) is 17.2 Å². The molecule has 0 heterocycles. The van der Waals surface area contributed by atoms with E-state index in [1.54, 1.807) is 6.07 Å². The maximum Gasteiger partial charge on any atom is 0.264 e. The molecule has 0 saturated heterocycles. The van der Waals surface area contributed by atoms with Crippen LogP contribution in [-0.2, 0) is 14.9 Å². The lowest BCUT2D eigenvalue weighted by Crippen LogP contribution is -2.01. The molecule has 0 unspecified atom stereocenters. The fourth-order valence-corrected chi connectivity index (χ4v) is 2.34. The molecule has 0 bridgehead atoms. The Morgan fingerprint density at radius 1 is 1.41 bits per heavy atom. The van der Waals surface area contributed by atoms with E-state index in [0.717, 1.165) is 12.1 Å². The Morgan fingerprint density at radius 3 is 2.35 bits per heavy atom. The van der Waals surface area contributed by atoms with Gasteiger partial charge in [-0.05, 0) is 17.7 Å². The minimum Gasteiger partial charge on any atom is -0.207 e. The largest absolute Gasteiger partial charge is 0.264 e. The molecular weight excluding hydrogens is 295 g/mol. The summed E-state index contributed by atoms with van der Waals surface area (Å²) >= 11 is 5.46. The van der Waals surface area contributed by atoms with Crippen molar-refractivity contribution in [2.45, 2.75) is 17.2 Å².